The second-order valence-electron chi connectivity index (χ2n) is 5.61. The summed E-state index contributed by atoms with van der Waals surface area (Å²) in [6, 6.07) is -0.942. The minimum Gasteiger partial charge on any atom is -0.345 e. The predicted octanol–water partition coefficient (Wildman–Crippen LogP) is 2.62. The van der Waals surface area contributed by atoms with Gasteiger partial charge in [0.15, 0.2) is 0 Å². The number of alkyl halides is 3. The molecule has 1 aliphatic rings. The van der Waals surface area contributed by atoms with Gasteiger partial charge in [-0.15, -0.1) is 0 Å². The lowest BCUT2D eigenvalue weighted by Crippen LogP contribution is -2.51. The molecule has 122 valence electrons. The molecule has 0 spiro atoms. The standard InChI is InChI=1S/C14H23F3N2O2/c1-10(18-11(2)20)13(21)19(9-8-14(15,16)17)12-6-4-3-5-7-12/h10,12H,3-9H2,1-2H3,(H,18,20)/t10-/m1/s1. The van der Waals surface area contributed by atoms with Gasteiger partial charge in [-0.1, -0.05) is 19.3 Å². The largest absolute Gasteiger partial charge is 0.390 e. The molecule has 1 atom stereocenters. The fourth-order valence-electron chi connectivity index (χ4n) is 2.73. The number of rotatable bonds is 5. The molecular weight excluding hydrogens is 285 g/mol. The second kappa shape index (κ2) is 7.66. The van der Waals surface area contributed by atoms with E-state index in [-0.39, 0.29) is 18.5 Å². The summed E-state index contributed by atoms with van der Waals surface area (Å²) in [6.07, 6.45) is -0.928. The smallest absolute Gasteiger partial charge is 0.345 e. The zero-order valence-electron chi connectivity index (χ0n) is 12.5. The van der Waals surface area contributed by atoms with Crippen LogP contribution in [0.5, 0.6) is 0 Å². The first-order valence-corrected chi connectivity index (χ1v) is 7.35. The van der Waals surface area contributed by atoms with E-state index >= 15 is 0 Å². The lowest BCUT2D eigenvalue weighted by Gasteiger charge is -2.36. The Labute approximate surface area is 123 Å². The van der Waals surface area contributed by atoms with Crippen molar-refractivity contribution in [2.24, 2.45) is 0 Å². The fourth-order valence-corrected chi connectivity index (χ4v) is 2.73. The quantitative estimate of drug-likeness (QED) is 0.849. The monoisotopic (exact) mass is 308 g/mol. The van der Waals surface area contributed by atoms with Crippen LogP contribution in [0.4, 0.5) is 13.2 Å². The van der Waals surface area contributed by atoms with Gasteiger partial charge in [-0.2, -0.15) is 13.2 Å². The molecule has 0 aromatic heterocycles. The Morgan fingerprint density at radius 3 is 2.29 bits per heavy atom. The number of carbonyl (C=O) groups is 2. The van der Waals surface area contributed by atoms with Crippen LogP contribution in [0.2, 0.25) is 0 Å². The van der Waals surface area contributed by atoms with Gasteiger partial charge in [0.2, 0.25) is 11.8 Å². The molecule has 0 saturated heterocycles. The summed E-state index contributed by atoms with van der Waals surface area (Å²) < 4.78 is 37.4. The van der Waals surface area contributed by atoms with Crippen LogP contribution >= 0.6 is 0 Å². The number of nitrogens with zero attached hydrogens (tertiary/aromatic N) is 1. The molecule has 1 fully saturated rings. The third kappa shape index (κ3) is 6.35. The Kier molecular flexibility index (Phi) is 6.48. The van der Waals surface area contributed by atoms with Gasteiger partial charge in [-0.3, -0.25) is 9.59 Å². The number of amides is 2. The maximum absolute atomic E-state index is 12.5. The summed E-state index contributed by atoms with van der Waals surface area (Å²) in [7, 11) is 0. The Hall–Kier alpha value is -1.27. The molecule has 1 N–H and O–H groups in total. The number of hydrogen-bond acceptors (Lipinski definition) is 2. The maximum atomic E-state index is 12.5. The van der Waals surface area contributed by atoms with Crippen molar-refractivity contribution in [2.75, 3.05) is 6.54 Å². The van der Waals surface area contributed by atoms with Gasteiger partial charge >= 0.3 is 6.18 Å². The zero-order valence-corrected chi connectivity index (χ0v) is 12.5. The molecule has 4 nitrogen and oxygen atoms in total. The lowest BCUT2D eigenvalue weighted by molar-refractivity contribution is -0.150. The number of carbonyl (C=O) groups excluding carboxylic acids is 2. The summed E-state index contributed by atoms with van der Waals surface area (Å²) >= 11 is 0. The van der Waals surface area contributed by atoms with E-state index in [1.165, 1.54) is 18.7 Å². The Morgan fingerprint density at radius 2 is 1.81 bits per heavy atom. The Bertz CT molecular complexity index is 366. The molecule has 21 heavy (non-hydrogen) atoms. The first kappa shape index (κ1) is 17.8. The summed E-state index contributed by atoms with van der Waals surface area (Å²) in [6.45, 7) is 2.45. The number of halogens is 3. The van der Waals surface area contributed by atoms with Crippen molar-refractivity contribution < 1.29 is 22.8 Å². The van der Waals surface area contributed by atoms with E-state index in [0.717, 1.165) is 32.1 Å². The van der Waals surface area contributed by atoms with E-state index in [4.69, 9.17) is 0 Å². The van der Waals surface area contributed by atoms with Crippen LogP contribution in [0.1, 0.15) is 52.4 Å². The highest BCUT2D eigenvalue weighted by atomic mass is 19.4. The summed E-state index contributed by atoms with van der Waals surface area (Å²) in [5.74, 6) is -0.795. The molecule has 2 amide bonds. The number of nitrogens with one attached hydrogen (secondary N) is 1. The first-order chi connectivity index (χ1) is 9.70. The molecule has 0 radical (unpaired) electrons. The van der Waals surface area contributed by atoms with Gasteiger partial charge in [0, 0.05) is 19.5 Å². The average molecular weight is 308 g/mol. The molecule has 1 saturated carbocycles. The predicted molar refractivity (Wildman–Crippen MR) is 72.5 cm³/mol. The lowest BCUT2D eigenvalue weighted by atomic mass is 9.93. The third-order valence-electron chi connectivity index (χ3n) is 3.72. The SMILES string of the molecule is CC(=O)N[C@H](C)C(=O)N(CCC(F)(F)F)C1CCCCC1. The molecule has 0 bridgehead atoms. The second-order valence-corrected chi connectivity index (χ2v) is 5.61. The van der Waals surface area contributed by atoms with Crippen molar-refractivity contribution >= 4 is 11.8 Å². The van der Waals surface area contributed by atoms with Crippen LogP contribution in [0.3, 0.4) is 0 Å². The van der Waals surface area contributed by atoms with Crippen molar-refractivity contribution in [1.82, 2.24) is 10.2 Å². The minimum atomic E-state index is -4.29. The van der Waals surface area contributed by atoms with Gasteiger partial charge in [-0.25, -0.2) is 0 Å². The van der Waals surface area contributed by atoms with Crippen LogP contribution in [0, 0.1) is 0 Å². The maximum Gasteiger partial charge on any atom is 0.390 e. The molecule has 0 aliphatic heterocycles. The van der Waals surface area contributed by atoms with Crippen LogP contribution < -0.4 is 5.32 Å². The van der Waals surface area contributed by atoms with E-state index in [1.54, 1.807) is 0 Å². The van der Waals surface area contributed by atoms with Crippen molar-refractivity contribution in [3.8, 4) is 0 Å². The van der Waals surface area contributed by atoms with Gasteiger partial charge < -0.3 is 10.2 Å². The molecule has 0 heterocycles. The third-order valence-corrected chi connectivity index (χ3v) is 3.72. The Balaban J connectivity index is 2.74. The van der Waals surface area contributed by atoms with Crippen molar-refractivity contribution in [2.45, 2.75) is 70.6 Å². The van der Waals surface area contributed by atoms with Crippen LogP contribution in [-0.4, -0.2) is 41.5 Å². The highest BCUT2D eigenvalue weighted by Crippen LogP contribution is 2.26. The minimum absolute atomic E-state index is 0.148. The van der Waals surface area contributed by atoms with Gasteiger partial charge in [0.05, 0.1) is 6.42 Å². The van der Waals surface area contributed by atoms with Gasteiger partial charge in [0.1, 0.15) is 6.04 Å². The van der Waals surface area contributed by atoms with E-state index < -0.39 is 24.5 Å². The van der Waals surface area contributed by atoms with Crippen LogP contribution in [-0.2, 0) is 9.59 Å². The molecular formula is C14H23F3N2O2. The van der Waals surface area contributed by atoms with Gasteiger partial charge in [0.25, 0.3) is 0 Å². The Morgan fingerprint density at radius 1 is 1.24 bits per heavy atom. The fraction of sp³-hybridized carbons (Fsp3) is 0.857. The summed E-state index contributed by atoms with van der Waals surface area (Å²) in [5.41, 5.74) is 0. The van der Waals surface area contributed by atoms with E-state index in [2.05, 4.69) is 5.32 Å². The molecule has 0 aromatic rings. The van der Waals surface area contributed by atoms with Crippen molar-refractivity contribution in [1.29, 1.82) is 0 Å². The van der Waals surface area contributed by atoms with E-state index in [1.807, 2.05) is 0 Å². The molecule has 0 aromatic carbocycles. The molecule has 7 heteroatoms. The molecule has 1 aliphatic carbocycles. The van der Waals surface area contributed by atoms with Gasteiger partial charge in [-0.05, 0) is 19.8 Å². The normalized spacial score (nSPS) is 18.1. The summed E-state index contributed by atoms with van der Waals surface area (Å²) in [4.78, 5) is 24.7. The summed E-state index contributed by atoms with van der Waals surface area (Å²) in [5, 5.41) is 2.45. The topological polar surface area (TPSA) is 49.4 Å². The van der Waals surface area contributed by atoms with Crippen molar-refractivity contribution in [3.05, 3.63) is 0 Å². The highest BCUT2D eigenvalue weighted by Gasteiger charge is 2.33. The van der Waals surface area contributed by atoms with Crippen molar-refractivity contribution in [3.63, 3.8) is 0 Å². The van der Waals surface area contributed by atoms with Crippen LogP contribution in [0.25, 0.3) is 0 Å². The average Bonchev–Trinajstić information content (AvgIpc) is 2.37. The van der Waals surface area contributed by atoms with E-state index in [0.29, 0.717) is 0 Å². The molecule has 1 rings (SSSR count). The first-order valence-electron chi connectivity index (χ1n) is 7.35. The highest BCUT2D eigenvalue weighted by molar-refractivity contribution is 5.86. The molecule has 0 unspecified atom stereocenters. The number of hydrogen-bond donors (Lipinski definition) is 1. The zero-order chi connectivity index (χ0) is 16.0. The van der Waals surface area contributed by atoms with E-state index in [9.17, 15) is 22.8 Å². The van der Waals surface area contributed by atoms with Crippen LogP contribution in [0.15, 0.2) is 0 Å².